The number of carbonyl (C=O) groups is 1. The van der Waals surface area contributed by atoms with Crippen molar-refractivity contribution in [1.29, 1.82) is 0 Å². The number of anilines is 2. The van der Waals surface area contributed by atoms with Gasteiger partial charge in [0.15, 0.2) is 29.3 Å². The van der Waals surface area contributed by atoms with E-state index in [-0.39, 0.29) is 117 Å². The predicted molar refractivity (Wildman–Crippen MR) is 426 cm³/mol. The fraction of sp³-hybridized carbons (Fsp3) is 0.627. The van der Waals surface area contributed by atoms with Crippen molar-refractivity contribution < 1.29 is 73.7 Å². The van der Waals surface area contributed by atoms with Crippen LogP contribution in [0.5, 0.6) is 0 Å². The Morgan fingerprint density at radius 3 is 1.44 bits per heavy atom. The lowest BCUT2D eigenvalue weighted by molar-refractivity contribution is -0.123. The smallest absolute Gasteiger partial charge is 0.351 e. The summed E-state index contributed by atoms with van der Waals surface area (Å²) < 4.78 is 105. The normalized spacial score (nSPS) is 31.0. The summed E-state index contributed by atoms with van der Waals surface area (Å²) in [4.78, 5) is 122. The van der Waals surface area contributed by atoms with Crippen LogP contribution in [0.15, 0.2) is 63.4 Å². The number of fused-ring (bicyclic) bond motifs is 2. The molecule has 12 heterocycles. The van der Waals surface area contributed by atoms with Gasteiger partial charge in [0.05, 0.1) is 69.7 Å². The van der Waals surface area contributed by atoms with E-state index >= 15 is 0 Å². The van der Waals surface area contributed by atoms with Gasteiger partial charge in [-0.2, -0.15) is 9.97 Å². The number of nitrogens with two attached hydrogens (primary N) is 3. The van der Waals surface area contributed by atoms with Crippen molar-refractivity contribution >= 4 is 109 Å². The number of aromatic nitrogens is 10. The Kier molecular flexibility index (Phi) is 25.0. The van der Waals surface area contributed by atoms with Gasteiger partial charge < -0.3 is 91.0 Å². The molecule has 12 rings (SSSR count). The average molecular weight is 1650 g/mol. The quantitative estimate of drug-likeness (QED) is 0.0312. The second-order valence-electron chi connectivity index (χ2n) is 30.1. The molecule has 0 spiro atoms. The largest absolute Gasteiger partial charge is 0.383 e. The molecule has 1 amide bonds. The molecule has 612 valence electrons. The Morgan fingerprint density at radius 2 is 0.964 bits per heavy atom. The van der Waals surface area contributed by atoms with Gasteiger partial charge in [-0.15, -0.1) is 0 Å². The molecule has 5 fully saturated rings. The van der Waals surface area contributed by atoms with Gasteiger partial charge in [0.2, 0.25) is 5.95 Å². The highest BCUT2D eigenvalue weighted by Gasteiger charge is 2.52. The Labute approximate surface area is 639 Å². The number of nitrogens with one attached hydrogen (secondary N) is 4. The van der Waals surface area contributed by atoms with Crippen LogP contribution in [0.4, 0.5) is 11.8 Å². The molecule has 0 aromatic carbocycles. The van der Waals surface area contributed by atoms with Crippen LogP contribution in [0.2, 0.25) is 0 Å². The van der Waals surface area contributed by atoms with E-state index in [4.69, 9.17) is 86.1 Å². The van der Waals surface area contributed by atoms with Gasteiger partial charge in [-0.25, -0.2) is 24.4 Å². The zero-order valence-corrected chi connectivity index (χ0v) is 68.8. The summed E-state index contributed by atoms with van der Waals surface area (Å²) in [5.41, 5.74) is 15.1. The number of nitrogen functional groups attached to an aromatic ring is 2. The van der Waals surface area contributed by atoms with Gasteiger partial charge in [0.1, 0.15) is 110 Å². The van der Waals surface area contributed by atoms with Crippen molar-refractivity contribution in [2.75, 3.05) is 77.8 Å². The van der Waals surface area contributed by atoms with Crippen molar-refractivity contribution in [1.82, 2.24) is 58.4 Å². The van der Waals surface area contributed by atoms with E-state index in [1.165, 1.54) is 32.2 Å². The third kappa shape index (κ3) is 19.6. The molecular weight excluding hydrogens is 1550 g/mol. The van der Waals surface area contributed by atoms with Crippen molar-refractivity contribution in [3.63, 3.8) is 0 Å². The summed E-state index contributed by atoms with van der Waals surface area (Å²) in [5.74, 6) is 0.401. The molecule has 0 saturated carbocycles. The molecule has 44 heteroatoms. The first-order valence-corrected chi connectivity index (χ1v) is 47.4. The highest BCUT2D eigenvalue weighted by molar-refractivity contribution is 7.65. The third-order valence-electron chi connectivity index (χ3n) is 19.8. The lowest BCUT2D eigenvalue weighted by Gasteiger charge is -2.33. The molecular formula is C67H102N17O22P5. The molecule has 5 aromatic rings. The summed E-state index contributed by atoms with van der Waals surface area (Å²) in [6.07, 6.45) is 14.7. The SMILES string of the molecule is C=P(C)(OC[C@H]1O[C@@H](n2c(C)nc3c(=O)[nH]c(N)nc32)CC1OP(=C)(C)OC[C@H]1O[C@@H](n2cc(C)c(=O)[nH]c2=O)CC1OP(=C)(C)OC[C@H]1O[C@@H](N2C(C)=NC3C(=O)NC(N)=NC32)CC1OP(=C)(C)OC[C@H]1O[C@@H](n2cc(C)c(=O)[nH]c2=O)CC1OP(=C)(C)OC[C@H]1O[C@@H](n2ccc(N)nc2=O)CC1C(C)C)OC(C)C. The maximum atomic E-state index is 13.6. The van der Waals surface area contributed by atoms with Crippen LogP contribution in [0.25, 0.3) is 11.2 Å². The number of aryl methyl sites for hydroxylation is 3. The second kappa shape index (κ2) is 33.0. The van der Waals surface area contributed by atoms with Crippen LogP contribution >= 0.6 is 36.7 Å². The highest BCUT2D eigenvalue weighted by atomic mass is 31.2. The maximum absolute atomic E-state index is 13.6. The molecule has 111 heavy (non-hydrogen) atoms. The van der Waals surface area contributed by atoms with Crippen LogP contribution in [0.1, 0.15) is 109 Å². The summed E-state index contributed by atoms with van der Waals surface area (Å²) >= 11 is 0. The molecule has 12 unspecified atom stereocenters. The Balaban J connectivity index is 0.761. The van der Waals surface area contributed by atoms with Gasteiger partial charge in [-0.05, 0) is 65.9 Å². The summed E-state index contributed by atoms with van der Waals surface area (Å²) in [5, 5.41) is 2.55. The van der Waals surface area contributed by atoms with E-state index in [1.807, 2.05) is 13.8 Å². The first-order valence-electron chi connectivity index (χ1n) is 36.1. The van der Waals surface area contributed by atoms with E-state index in [0.717, 1.165) is 0 Å². The van der Waals surface area contributed by atoms with Gasteiger partial charge in [0, 0.05) is 88.7 Å². The van der Waals surface area contributed by atoms with Crippen LogP contribution < -0.4 is 56.3 Å². The number of amidine groups is 1. The highest BCUT2D eigenvalue weighted by Crippen LogP contribution is 2.56. The second-order valence-corrected chi connectivity index (χ2v) is 42.6. The first kappa shape index (κ1) is 83.9. The number of hydrogen-bond acceptors (Lipinski definition) is 31. The number of aliphatic imine (C=N–C) groups is 2. The Morgan fingerprint density at radius 1 is 0.532 bits per heavy atom. The third-order valence-corrected chi connectivity index (χ3v) is 27.0. The zero-order valence-electron chi connectivity index (χ0n) is 64.3. The Bertz CT molecular complexity index is 5060. The fourth-order valence-electron chi connectivity index (χ4n) is 14.7. The molecule has 5 aromatic heterocycles. The van der Waals surface area contributed by atoms with Gasteiger partial charge in [0.25, 0.3) is 22.6 Å². The average Bonchev–Trinajstić information content (AvgIpc) is 1.61. The minimum absolute atomic E-state index is 0.0165. The van der Waals surface area contributed by atoms with Crippen LogP contribution in [-0.2, 0) is 73.7 Å². The van der Waals surface area contributed by atoms with Crippen molar-refractivity contribution in [3.8, 4) is 0 Å². The van der Waals surface area contributed by atoms with Gasteiger partial charge in [-0.1, -0.05) is 45.3 Å². The summed E-state index contributed by atoms with van der Waals surface area (Å²) in [6.45, 7) is 22.5. The monoisotopic (exact) mass is 1650 g/mol. The molecule has 22 atom stereocenters. The number of amides is 1. The number of imidazole rings is 1. The van der Waals surface area contributed by atoms with Gasteiger partial charge >= 0.3 is 17.1 Å². The minimum atomic E-state index is -3.29. The number of H-pyrrole nitrogens is 3. The predicted octanol–water partition coefficient (Wildman–Crippen LogP) is 3.57. The topological polar surface area (TPSA) is 482 Å². The number of ether oxygens (including phenoxy) is 5. The van der Waals surface area contributed by atoms with E-state index in [0.29, 0.717) is 18.1 Å². The summed E-state index contributed by atoms with van der Waals surface area (Å²) in [7, 11) is -15.4. The lowest BCUT2D eigenvalue weighted by Crippen LogP contribution is -2.56. The van der Waals surface area contributed by atoms with Gasteiger partial charge in [-0.3, -0.25) is 62.7 Å². The number of carbonyl (C=O) groups excluding carboxylic acids is 1. The molecule has 7 aliphatic heterocycles. The number of hydrogen-bond donors (Lipinski definition) is 7. The maximum Gasteiger partial charge on any atom is 0.351 e. The first-order chi connectivity index (χ1) is 52.0. The number of rotatable bonds is 31. The molecule has 0 bridgehead atoms. The molecule has 7 aliphatic rings. The molecule has 0 aliphatic carbocycles. The standard InChI is InChI=1S/C67H102N17O22P5/c1-33(2)39-21-50(80-20-19-49(68)73-65(80)89)97-44(39)28-92-108(11,12)103-40-22-51(81-26-35(5)59(85)78-66(81)90)98-45(40)29-94-111(17,18)106-43-25-54(84-38(8)72-56-58(84)75-64(70)77-62(56)88)101-48(43)32-96-109(13,14)104-41-23-52(82-27-36(6)60(86)79-67(82)91)99-46(41)30-95-110(15,16)105-42-24-53(100-47(42)31-93-107(9,10)102-34(3)4)83-37(7)71-55-57(83)74-63(69)76-61(55)87/h19-20,26-27,33-34,39-48,50-54,56,58H,9,11,13,15,17,21-25,28-32H2,1-8,10,12,14,16,18H3,(H2,68,73,89)(H,78,85,90)(H,79,86,91)(H3,69,74,76,87)(H3,70,75,77,88)/t39?,40?,41?,42?,43?,44-,45-,46-,47-,48-,50-,51-,52-,53-,54-,56?,58?,107?,108?,109?,110?,111?/m1/s1. The summed E-state index contributed by atoms with van der Waals surface area (Å²) in [6, 6.07) is 0.590. The minimum Gasteiger partial charge on any atom is -0.383 e. The number of guanidine groups is 1. The van der Waals surface area contributed by atoms with Crippen molar-refractivity contribution in [2.45, 2.75) is 192 Å². The number of nitrogens with zero attached hydrogens (tertiary/aromatic N) is 10. The Hall–Kier alpha value is -6.50. The fourth-order valence-corrected chi connectivity index (χ4v) is 21.3. The molecule has 10 N–H and O–H groups in total. The van der Waals surface area contributed by atoms with E-state index < -0.39 is 175 Å². The van der Waals surface area contributed by atoms with Crippen LogP contribution in [-0.4, -0.2) is 248 Å². The number of aromatic amines is 3. The zero-order chi connectivity index (χ0) is 80.5. The molecule has 39 nitrogen and oxygen atoms in total. The van der Waals surface area contributed by atoms with Crippen molar-refractivity contribution in [3.05, 3.63) is 104 Å². The molecule has 0 radical (unpaired) electrons. The van der Waals surface area contributed by atoms with Crippen LogP contribution in [0.3, 0.4) is 0 Å². The van der Waals surface area contributed by atoms with E-state index in [2.05, 4.69) is 90.5 Å². The van der Waals surface area contributed by atoms with Crippen LogP contribution in [0, 0.1) is 32.6 Å². The molecule has 5 saturated heterocycles. The van der Waals surface area contributed by atoms with E-state index in [9.17, 15) is 33.6 Å². The van der Waals surface area contributed by atoms with Crippen molar-refractivity contribution in [2.24, 2.45) is 27.6 Å². The lowest BCUT2D eigenvalue weighted by atomic mass is 9.89. The van der Waals surface area contributed by atoms with E-state index in [1.54, 1.807) is 76.7 Å².